The van der Waals surface area contributed by atoms with Crippen molar-refractivity contribution in [3.05, 3.63) is 59.4 Å². The number of rotatable bonds is 12. The summed E-state index contributed by atoms with van der Waals surface area (Å²) < 4.78 is 0. The number of benzene rings is 1. The van der Waals surface area contributed by atoms with E-state index < -0.39 is 12.1 Å². The number of hydrogen-bond donors (Lipinski definition) is 4. The smallest absolute Gasteiger partial charge is 0.322 e. The third-order valence-corrected chi connectivity index (χ3v) is 8.03. The van der Waals surface area contributed by atoms with Crippen molar-refractivity contribution in [1.82, 2.24) is 25.5 Å². The van der Waals surface area contributed by atoms with E-state index in [4.69, 9.17) is 10.8 Å². The molecule has 5 N–H and O–H groups in total. The number of fused-ring (bicyclic) bond motifs is 1. The van der Waals surface area contributed by atoms with Crippen molar-refractivity contribution in [1.29, 1.82) is 0 Å². The van der Waals surface area contributed by atoms with Crippen LogP contribution in [-0.2, 0) is 27.5 Å². The number of aromatic nitrogens is 1. The van der Waals surface area contributed by atoms with E-state index in [0.717, 1.165) is 41.7 Å². The maximum Gasteiger partial charge on any atom is 0.322 e. The minimum absolute atomic E-state index is 0.00980. The molecule has 12 nitrogen and oxygen atoms in total. The lowest BCUT2D eigenvalue weighted by atomic mass is 9.93. The fourth-order valence-electron chi connectivity index (χ4n) is 5.16. The van der Waals surface area contributed by atoms with Gasteiger partial charge in [0.2, 0.25) is 17.7 Å². The van der Waals surface area contributed by atoms with Gasteiger partial charge in [-0.2, -0.15) is 5.10 Å². The van der Waals surface area contributed by atoms with Gasteiger partial charge in [-0.05, 0) is 67.0 Å². The second-order valence-corrected chi connectivity index (χ2v) is 12.0. The van der Waals surface area contributed by atoms with Crippen LogP contribution in [0.15, 0.2) is 47.8 Å². The van der Waals surface area contributed by atoms with E-state index in [1.54, 1.807) is 29.2 Å². The summed E-state index contributed by atoms with van der Waals surface area (Å²) in [6, 6.07) is 8.00. The van der Waals surface area contributed by atoms with Crippen LogP contribution >= 0.6 is 0 Å². The molecule has 3 heterocycles. The summed E-state index contributed by atoms with van der Waals surface area (Å²) in [6.07, 6.45) is 6.19. The van der Waals surface area contributed by atoms with Crippen LogP contribution in [0.2, 0.25) is 0 Å². The molecule has 44 heavy (non-hydrogen) atoms. The molecule has 4 rings (SSSR count). The van der Waals surface area contributed by atoms with Crippen LogP contribution in [0.1, 0.15) is 70.1 Å². The summed E-state index contributed by atoms with van der Waals surface area (Å²) >= 11 is 0. The lowest BCUT2D eigenvalue weighted by Gasteiger charge is -2.28. The molecule has 1 aromatic heterocycles. The second-order valence-electron chi connectivity index (χ2n) is 12.0. The maximum absolute atomic E-state index is 12.8. The molecule has 5 amide bonds. The first-order valence-corrected chi connectivity index (χ1v) is 15.3. The predicted molar refractivity (Wildman–Crippen MR) is 168 cm³/mol. The first-order valence-electron chi connectivity index (χ1n) is 15.3. The summed E-state index contributed by atoms with van der Waals surface area (Å²) in [7, 11) is 0. The molecule has 0 fully saturated rings. The predicted octanol–water partition coefficient (Wildman–Crippen LogP) is 2.98. The van der Waals surface area contributed by atoms with Gasteiger partial charge >= 0.3 is 6.03 Å². The van der Waals surface area contributed by atoms with E-state index in [2.05, 4.69) is 20.9 Å². The van der Waals surface area contributed by atoms with Crippen LogP contribution in [-0.4, -0.2) is 69.5 Å². The standard InChI is InChI=1S/C32H44N8O4/c1-20(2)28(33)31(43)36-22(4)30(42)35-13-6-5-7-15-40-27(41)16-21(3)29(38-40)23-8-10-26(11-9-23)37-32(44)39-18-24-12-14-34-17-25(24)19-39/h8-12,14,17,20-22,28H,5-7,13,15-16,18-19,33H2,1-4H3,(H,35,42)(H,36,43)(H,37,44)/t21?,22-,28-/m0/s1. The Kier molecular flexibility index (Phi) is 11.0. The fraction of sp³-hybridized carbons (Fsp3) is 0.500. The summed E-state index contributed by atoms with van der Waals surface area (Å²) in [5.74, 6) is -0.645. The Balaban J connectivity index is 1.21. The molecule has 2 aromatic rings. The van der Waals surface area contributed by atoms with Gasteiger partial charge in [-0.25, -0.2) is 9.80 Å². The lowest BCUT2D eigenvalue weighted by Crippen LogP contribution is -2.51. The van der Waals surface area contributed by atoms with Crippen molar-refractivity contribution in [3.8, 4) is 0 Å². The highest BCUT2D eigenvalue weighted by Gasteiger charge is 2.28. The average Bonchev–Trinajstić information content (AvgIpc) is 3.44. The van der Waals surface area contributed by atoms with E-state index in [9.17, 15) is 19.2 Å². The number of anilines is 1. The molecular formula is C32H44N8O4. The van der Waals surface area contributed by atoms with Gasteiger partial charge < -0.3 is 26.6 Å². The number of nitrogens with one attached hydrogen (secondary N) is 3. The zero-order chi connectivity index (χ0) is 31.8. The Bertz CT molecular complexity index is 1350. The van der Waals surface area contributed by atoms with Crippen molar-refractivity contribution >= 4 is 35.2 Å². The van der Waals surface area contributed by atoms with Gasteiger partial charge in [-0.15, -0.1) is 0 Å². The number of urea groups is 1. The largest absolute Gasteiger partial charge is 0.354 e. The summed E-state index contributed by atoms with van der Waals surface area (Å²) in [5, 5.41) is 14.7. The highest BCUT2D eigenvalue weighted by Crippen LogP contribution is 2.24. The van der Waals surface area contributed by atoms with E-state index in [1.807, 2.05) is 51.1 Å². The van der Waals surface area contributed by atoms with Crippen LogP contribution < -0.4 is 21.7 Å². The molecule has 2 aliphatic heterocycles. The van der Waals surface area contributed by atoms with E-state index in [0.29, 0.717) is 38.3 Å². The van der Waals surface area contributed by atoms with Crippen molar-refractivity contribution in [2.75, 3.05) is 18.4 Å². The van der Waals surface area contributed by atoms with Crippen LogP contribution in [0.25, 0.3) is 0 Å². The number of hydrazone groups is 1. The number of carbonyl (C=O) groups excluding carboxylic acids is 4. The van der Waals surface area contributed by atoms with Gasteiger partial charge in [0.25, 0.3) is 0 Å². The zero-order valence-electron chi connectivity index (χ0n) is 26.0. The van der Waals surface area contributed by atoms with Crippen LogP contribution in [0, 0.1) is 11.8 Å². The maximum atomic E-state index is 12.8. The molecule has 0 saturated heterocycles. The van der Waals surface area contributed by atoms with Crippen LogP contribution in [0.3, 0.4) is 0 Å². The Morgan fingerprint density at radius 3 is 2.43 bits per heavy atom. The molecule has 1 unspecified atom stereocenters. The molecule has 3 atom stereocenters. The molecule has 12 heteroatoms. The summed E-state index contributed by atoms with van der Waals surface area (Å²) in [6.45, 7) is 9.39. The monoisotopic (exact) mass is 604 g/mol. The van der Waals surface area contributed by atoms with Crippen molar-refractivity contribution in [2.45, 2.75) is 78.6 Å². The first-order chi connectivity index (χ1) is 21.0. The van der Waals surface area contributed by atoms with Gasteiger partial charge in [-0.1, -0.05) is 32.9 Å². The van der Waals surface area contributed by atoms with Crippen molar-refractivity contribution < 1.29 is 19.2 Å². The Hall–Kier alpha value is -4.32. The SMILES string of the molecule is CC1CC(=O)N(CCCCCNC(=O)[C@H](C)NC(=O)[C@@H](N)C(C)C)N=C1c1ccc(NC(=O)N2Cc3ccncc3C2)cc1. The second kappa shape index (κ2) is 14.9. The molecule has 236 valence electrons. The quantitative estimate of drug-likeness (QED) is 0.272. The minimum Gasteiger partial charge on any atom is -0.354 e. The molecule has 0 saturated carbocycles. The first kappa shape index (κ1) is 32.6. The van der Waals surface area contributed by atoms with Gasteiger partial charge in [-0.3, -0.25) is 19.4 Å². The van der Waals surface area contributed by atoms with Gasteiger partial charge in [0, 0.05) is 56.6 Å². The molecule has 0 spiro atoms. The fourth-order valence-corrected chi connectivity index (χ4v) is 5.16. The van der Waals surface area contributed by atoms with E-state index >= 15 is 0 Å². The molecule has 0 radical (unpaired) electrons. The topological polar surface area (TPSA) is 162 Å². The normalized spacial score (nSPS) is 17.5. The number of hydrogen-bond acceptors (Lipinski definition) is 7. The number of unbranched alkanes of at least 4 members (excludes halogenated alkanes) is 2. The van der Waals surface area contributed by atoms with Crippen molar-refractivity contribution in [2.24, 2.45) is 22.7 Å². The molecule has 1 aromatic carbocycles. The van der Waals surface area contributed by atoms with E-state index in [-0.39, 0.29) is 35.6 Å². The Morgan fingerprint density at radius 2 is 1.73 bits per heavy atom. The number of pyridine rings is 1. The number of nitrogens with two attached hydrogens (primary N) is 1. The minimum atomic E-state index is -0.668. The van der Waals surface area contributed by atoms with Crippen LogP contribution in [0.4, 0.5) is 10.5 Å². The summed E-state index contributed by atoms with van der Waals surface area (Å²) in [5.41, 5.74) is 10.4. The van der Waals surface area contributed by atoms with Crippen molar-refractivity contribution in [3.63, 3.8) is 0 Å². The number of carbonyl (C=O) groups is 4. The average molecular weight is 605 g/mol. The number of amides is 5. The van der Waals surface area contributed by atoms with Gasteiger partial charge in [0.05, 0.1) is 11.8 Å². The lowest BCUT2D eigenvalue weighted by molar-refractivity contribution is -0.132. The molecule has 0 aliphatic carbocycles. The van der Waals surface area contributed by atoms with Gasteiger partial charge in [0.1, 0.15) is 6.04 Å². The van der Waals surface area contributed by atoms with Crippen LogP contribution in [0.5, 0.6) is 0 Å². The molecule has 0 bridgehead atoms. The Labute approximate surface area is 258 Å². The molecule has 2 aliphatic rings. The number of nitrogens with zero attached hydrogens (tertiary/aromatic N) is 4. The highest BCUT2D eigenvalue weighted by atomic mass is 16.2. The Morgan fingerprint density at radius 1 is 1.00 bits per heavy atom. The highest BCUT2D eigenvalue weighted by molar-refractivity contribution is 6.06. The zero-order valence-corrected chi connectivity index (χ0v) is 26.0. The van der Waals surface area contributed by atoms with E-state index in [1.165, 1.54) is 0 Å². The third-order valence-electron chi connectivity index (χ3n) is 8.03. The molecular weight excluding hydrogens is 560 g/mol. The summed E-state index contributed by atoms with van der Waals surface area (Å²) in [4.78, 5) is 55.8. The van der Waals surface area contributed by atoms with Gasteiger partial charge in [0.15, 0.2) is 0 Å². The third kappa shape index (κ3) is 8.40.